The van der Waals surface area contributed by atoms with Crippen LogP contribution in [0.5, 0.6) is 5.75 Å². The molecule has 30 heavy (non-hydrogen) atoms. The first kappa shape index (κ1) is 23.4. The van der Waals surface area contributed by atoms with Crippen LogP contribution in [0.2, 0.25) is 0 Å². The molecule has 0 saturated heterocycles. The molecule has 8 heteroatoms. The summed E-state index contributed by atoms with van der Waals surface area (Å²) < 4.78 is 35.2. The fourth-order valence-electron chi connectivity index (χ4n) is 2.62. The predicted octanol–water partition coefficient (Wildman–Crippen LogP) is 3.09. The summed E-state index contributed by atoms with van der Waals surface area (Å²) in [5.41, 5.74) is 0.135. The van der Waals surface area contributed by atoms with Gasteiger partial charge in [-0.1, -0.05) is 30.3 Å². The minimum absolute atomic E-state index is 0.0642. The number of carbonyl (C=O) groups is 2. The van der Waals surface area contributed by atoms with Gasteiger partial charge in [0, 0.05) is 13.5 Å². The Hall–Kier alpha value is -2.87. The average Bonchev–Trinajstić information content (AvgIpc) is 2.65. The topological polar surface area (TPSA) is 98.8 Å². The molecule has 0 aliphatic carbocycles. The summed E-state index contributed by atoms with van der Waals surface area (Å²) >= 11 is 0. The van der Waals surface area contributed by atoms with Gasteiger partial charge in [-0.2, -0.15) is 8.42 Å². The number of hydrogen-bond donors (Lipinski definition) is 1. The minimum Gasteiger partial charge on any atom is -0.460 e. The Balaban J connectivity index is 2.10. The van der Waals surface area contributed by atoms with E-state index in [4.69, 9.17) is 8.92 Å². The van der Waals surface area contributed by atoms with Crippen LogP contribution in [-0.4, -0.2) is 32.4 Å². The summed E-state index contributed by atoms with van der Waals surface area (Å²) in [7, 11) is -3.92. The lowest BCUT2D eigenvalue weighted by Gasteiger charge is -2.24. The highest BCUT2D eigenvalue weighted by Gasteiger charge is 2.26. The van der Waals surface area contributed by atoms with Gasteiger partial charge in [0.25, 0.3) is 0 Å². The maximum absolute atomic E-state index is 12.5. The van der Waals surface area contributed by atoms with E-state index in [2.05, 4.69) is 5.32 Å². The Kier molecular flexibility index (Phi) is 7.61. The fourth-order valence-corrected chi connectivity index (χ4v) is 3.57. The third-order valence-corrected chi connectivity index (χ3v) is 5.24. The second-order valence-electron chi connectivity index (χ2n) is 7.87. The number of hydrogen-bond acceptors (Lipinski definition) is 6. The van der Waals surface area contributed by atoms with E-state index in [0.29, 0.717) is 6.42 Å². The van der Waals surface area contributed by atoms with Crippen LogP contribution in [0.3, 0.4) is 0 Å². The van der Waals surface area contributed by atoms with Gasteiger partial charge in [-0.15, -0.1) is 0 Å². The van der Waals surface area contributed by atoms with Crippen molar-refractivity contribution in [3.8, 4) is 5.75 Å². The smallest absolute Gasteiger partial charge is 0.339 e. The van der Waals surface area contributed by atoms with E-state index in [0.717, 1.165) is 5.56 Å². The number of amides is 1. The molecule has 2 rings (SSSR count). The number of benzene rings is 2. The zero-order chi connectivity index (χ0) is 22.4. The zero-order valence-corrected chi connectivity index (χ0v) is 18.4. The van der Waals surface area contributed by atoms with E-state index in [-0.39, 0.29) is 23.1 Å². The molecule has 0 aromatic heterocycles. The molecule has 0 aliphatic rings. The predicted molar refractivity (Wildman–Crippen MR) is 112 cm³/mol. The van der Waals surface area contributed by atoms with Crippen LogP contribution in [0.25, 0.3) is 0 Å². The van der Waals surface area contributed by atoms with Crippen LogP contribution in [0.15, 0.2) is 59.5 Å². The molecule has 0 fully saturated rings. The van der Waals surface area contributed by atoms with Crippen molar-refractivity contribution in [2.75, 3.05) is 6.54 Å². The van der Waals surface area contributed by atoms with Gasteiger partial charge in [0.1, 0.15) is 16.2 Å². The van der Waals surface area contributed by atoms with E-state index in [9.17, 15) is 18.0 Å². The Morgan fingerprint density at radius 1 is 1.00 bits per heavy atom. The number of carbonyl (C=O) groups excluding carboxylic acids is 2. The lowest BCUT2D eigenvalue weighted by atomic mass is 9.98. The van der Waals surface area contributed by atoms with Gasteiger partial charge < -0.3 is 14.2 Å². The Morgan fingerprint density at radius 3 is 2.13 bits per heavy atom. The van der Waals surface area contributed by atoms with Crippen molar-refractivity contribution < 1.29 is 26.9 Å². The molecule has 0 heterocycles. The molecule has 1 unspecified atom stereocenters. The summed E-state index contributed by atoms with van der Waals surface area (Å²) in [5, 5.41) is 2.65. The molecule has 1 N–H and O–H groups in total. The van der Waals surface area contributed by atoms with Gasteiger partial charge in [0.05, 0.1) is 5.92 Å². The third-order valence-electron chi connectivity index (χ3n) is 3.98. The summed E-state index contributed by atoms with van der Waals surface area (Å²) in [6, 6.07) is 14.3. The molecule has 7 nitrogen and oxygen atoms in total. The maximum Gasteiger partial charge on any atom is 0.339 e. The van der Waals surface area contributed by atoms with Crippen LogP contribution in [0.4, 0.5) is 0 Å². The quantitative estimate of drug-likeness (QED) is 0.507. The van der Waals surface area contributed by atoms with E-state index < -0.39 is 27.6 Å². The van der Waals surface area contributed by atoms with Crippen molar-refractivity contribution in [2.45, 2.75) is 44.6 Å². The third kappa shape index (κ3) is 7.51. The van der Waals surface area contributed by atoms with Gasteiger partial charge in [0.15, 0.2) is 0 Å². The highest BCUT2D eigenvalue weighted by atomic mass is 32.2. The molecular weight excluding hydrogens is 406 g/mol. The van der Waals surface area contributed by atoms with Gasteiger partial charge >= 0.3 is 16.1 Å². The number of ether oxygens (including phenoxy) is 1. The molecule has 0 bridgehead atoms. The highest BCUT2D eigenvalue weighted by molar-refractivity contribution is 7.87. The standard InChI is InChI=1S/C22H27NO6S/c1-16(24)23-15-18(21(25)28-22(2,3)4)14-17-10-12-19(13-11-17)29-30(26,27)20-8-6-5-7-9-20/h5-13,18H,14-15H2,1-4H3,(H,23,24). The van der Waals surface area contributed by atoms with Gasteiger partial charge in [-0.05, 0) is 57.0 Å². The summed E-state index contributed by atoms with van der Waals surface area (Å²) in [5.74, 6) is -1.06. The molecule has 1 amide bonds. The molecule has 1 atom stereocenters. The highest BCUT2D eigenvalue weighted by Crippen LogP contribution is 2.21. The molecule has 2 aromatic rings. The first-order chi connectivity index (χ1) is 14.0. The maximum atomic E-state index is 12.5. The number of esters is 1. The summed E-state index contributed by atoms with van der Waals surface area (Å²) in [6.45, 7) is 6.86. The summed E-state index contributed by atoms with van der Waals surface area (Å²) in [4.78, 5) is 23.8. The lowest BCUT2D eigenvalue weighted by molar-refractivity contribution is -0.159. The molecule has 162 valence electrons. The van der Waals surface area contributed by atoms with E-state index in [1.807, 2.05) is 0 Å². The second-order valence-corrected chi connectivity index (χ2v) is 9.41. The van der Waals surface area contributed by atoms with Crippen molar-refractivity contribution in [3.63, 3.8) is 0 Å². The van der Waals surface area contributed by atoms with Crippen molar-refractivity contribution >= 4 is 22.0 Å². The molecule has 0 aliphatic heterocycles. The van der Waals surface area contributed by atoms with Crippen LogP contribution >= 0.6 is 0 Å². The van der Waals surface area contributed by atoms with Crippen LogP contribution < -0.4 is 9.50 Å². The average molecular weight is 434 g/mol. The van der Waals surface area contributed by atoms with Crippen LogP contribution in [0, 0.1) is 5.92 Å². The van der Waals surface area contributed by atoms with E-state index >= 15 is 0 Å². The molecule has 0 radical (unpaired) electrons. The largest absolute Gasteiger partial charge is 0.460 e. The van der Waals surface area contributed by atoms with Crippen molar-refractivity contribution in [3.05, 3.63) is 60.2 Å². The zero-order valence-electron chi connectivity index (χ0n) is 17.5. The Morgan fingerprint density at radius 2 is 1.60 bits per heavy atom. The number of rotatable bonds is 8. The monoisotopic (exact) mass is 433 g/mol. The SMILES string of the molecule is CC(=O)NCC(Cc1ccc(OS(=O)(=O)c2ccccc2)cc1)C(=O)OC(C)(C)C. The molecule has 0 saturated carbocycles. The second kappa shape index (κ2) is 9.75. The first-order valence-corrected chi connectivity index (χ1v) is 10.9. The number of nitrogens with one attached hydrogen (secondary N) is 1. The van der Waals surface area contributed by atoms with Gasteiger partial charge in [0.2, 0.25) is 5.91 Å². The van der Waals surface area contributed by atoms with Crippen LogP contribution in [-0.2, 0) is 30.9 Å². The summed E-state index contributed by atoms with van der Waals surface area (Å²) in [6.07, 6.45) is 0.320. The normalized spacial score (nSPS) is 12.7. The van der Waals surface area contributed by atoms with E-state index in [1.54, 1.807) is 51.1 Å². The minimum atomic E-state index is -3.92. The van der Waals surface area contributed by atoms with Gasteiger partial charge in [-0.25, -0.2) is 0 Å². The van der Waals surface area contributed by atoms with Crippen molar-refractivity contribution in [1.82, 2.24) is 5.32 Å². The van der Waals surface area contributed by atoms with Gasteiger partial charge in [-0.3, -0.25) is 9.59 Å². The van der Waals surface area contributed by atoms with Crippen LogP contribution in [0.1, 0.15) is 33.3 Å². The Labute approximate surface area is 177 Å². The molecule has 2 aromatic carbocycles. The Bertz CT molecular complexity index is 963. The fraction of sp³-hybridized carbons (Fsp3) is 0.364. The van der Waals surface area contributed by atoms with Crippen molar-refractivity contribution in [2.24, 2.45) is 5.92 Å². The van der Waals surface area contributed by atoms with E-state index in [1.165, 1.54) is 31.2 Å². The van der Waals surface area contributed by atoms with Crippen molar-refractivity contribution in [1.29, 1.82) is 0 Å². The molecular formula is C22H27NO6S. The molecule has 0 spiro atoms. The lowest BCUT2D eigenvalue weighted by Crippen LogP contribution is -2.37. The first-order valence-electron chi connectivity index (χ1n) is 9.52.